The zero-order chi connectivity index (χ0) is 58.1. The summed E-state index contributed by atoms with van der Waals surface area (Å²) in [6.07, 6.45) is -0.591. The van der Waals surface area contributed by atoms with Crippen LogP contribution in [0.4, 0.5) is 35.2 Å². The van der Waals surface area contributed by atoms with E-state index < -0.39 is 70.4 Å². The molecule has 0 saturated carbocycles. The molecule has 5 aromatic carbocycles. The van der Waals surface area contributed by atoms with Gasteiger partial charge in [-0.25, -0.2) is 46.9 Å². The number of sulfone groups is 1. The first-order chi connectivity index (χ1) is 38.9. The minimum atomic E-state index is -4.97. The van der Waals surface area contributed by atoms with Crippen molar-refractivity contribution in [1.29, 1.82) is 0 Å². The highest BCUT2D eigenvalue weighted by Gasteiger charge is 2.35. The molecule has 3 aliphatic rings. The van der Waals surface area contributed by atoms with Crippen LogP contribution in [-0.4, -0.2) is 114 Å². The van der Waals surface area contributed by atoms with Gasteiger partial charge in [-0.15, -0.1) is 0 Å². The summed E-state index contributed by atoms with van der Waals surface area (Å²) in [6.45, 7) is 7.12. The first kappa shape index (κ1) is 55.7. The number of amidine groups is 3. The number of nitrogens with one attached hydrogen (secondary N) is 5. The molecule has 0 aliphatic carbocycles. The van der Waals surface area contributed by atoms with Gasteiger partial charge in [-0.1, -0.05) is 66.7 Å². The van der Waals surface area contributed by atoms with E-state index >= 15 is 8.42 Å². The molecule has 11 N–H and O–H groups in total. The number of nitrogens with two attached hydrogens (primary N) is 2. The summed E-state index contributed by atoms with van der Waals surface area (Å²) in [5, 5.41) is 16.0. The number of anilines is 4. The number of primary sulfonamides is 1. The molecule has 32 heteroatoms. The molecule has 0 amide bonds. The van der Waals surface area contributed by atoms with Gasteiger partial charge in [-0.3, -0.25) is 9.11 Å². The first-order valence-electron chi connectivity index (χ1n) is 25.0. The van der Waals surface area contributed by atoms with Crippen molar-refractivity contribution in [3.05, 3.63) is 136 Å². The monoisotopic (exact) mass is 1210 g/mol. The Kier molecular flexibility index (Phi) is 14.2. The Labute approximate surface area is 468 Å². The normalized spacial score (nSPS) is 15.2. The van der Waals surface area contributed by atoms with Crippen molar-refractivity contribution in [3.63, 3.8) is 0 Å². The fourth-order valence-electron chi connectivity index (χ4n) is 10.1. The van der Waals surface area contributed by atoms with Crippen molar-refractivity contribution in [3.8, 4) is 0 Å². The molecular weight excluding hydrogens is 1160 g/mol. The van der Waals surface area contributed by atoms with Gasteiger partial charge in [0.05, 0.1) is 26.8 Å². The van der Waals surface area contributed by atoms with Gasteiger partial charge in [0.15, 0.2) is 21.5 Å². The van der Waals surface area contributed by atoms with E-state index in [1.165, 1.54) is 60.7 Å². The molecule has 6 heterocycles. The number of sulfonamides is 1. The largest absolute Gasteiger partial charge is 0.395 e. The second-order valence-corrected chi connectivity index (χ2v) is 28.6. The van der Waals surface area contributed by atoms with Crippen LogP contribution in [0.3, 0.4) is 0 Å². The van der Waals surface area contributed by atoms with Gasteiger partial charge in [-0.2, -0.15) is 31.8 Å². The smallest absolute Gasteiger partial charge is 0.334 e. The van der Waals surface area contributed by atoms with Gasteiger partial charge < -0.3 is 40.5 Å². The molecule has 27 nitrogen and oxygen atoms in total. The topological polar surface area (TPSA) is 416 Å². The highest BCUT2D eigenvalue weighted by atomic mass is 32.2. The molecule has 8 aromatic rings. The number of hydrogen-bond acceptors (Lipinski definition) is 22. The Morgan fingerprint density at radius 1 is 0.671 bits per heavy atom. The average molecular weight is 1210 g/mol. The van der Waals surface area contributed by atoms with Gasteiger partial charge in [0, 0.05) is 58.0 Å². The molecule has 0 radical (unpaired) electrons. The predicted molar refractivity (Wildman–Crippen MR) is 305 cm³/mol. The molecule has 8 bridgehead atoms. The number of H-pyrrole nitrogens is 2. The summed E-state index contributed by atoms with van der Waals surface area (Å²) in [5.41, 5.74) is 5.91. The molecule has 0 spiro atoms. The zero-order valence-corrected chi connectivity index (χ0v) is 47.7. The van der Waals surface area contributed by atoms with Gasteiger partial charge in [0.2, 0.25) is 27.9 Å². The minimum Gasteiger partial charge on any atom is -0.395 e. The van der Waals surface area contributed by atoms with E-state index in [4.69, 9.17) is 44.7 Å². The number of hydrogen-bond donors (Lipinski definition) is 9. The number of aromatic nitrogens is 5. The van der Waals surface area contributed by atoms with Crippen LogP contribution in [0.1, 0.15) is 54.3 Å². The number of fused-ring (bicyclic) bond motifs is 19. The third-order valence-corrected chi connectivity index (χ3v) is 20.9. The van der Waals surface area contributed by atoms with Gasteiger partial charge >= 0.3 is 8.56 Å². The molecule has 3 aliphatic heterocycles. The van der Waals surface area contributed by atoms with Crippen molar-refractivity contribution in [2.24, 2.45) is 30.1 Å². The van der Waals surface area contributed by atoms with Crippen LogP contribution in [0, 0.1) is 0 Å². The Balaban J connectivity index is 1.05. The van der Waals surface area contributed by atoms with Crippen LogP contribution in [0.5, 0.6) is 0 Å². The Bertz CT molecular complexity index is 4700. The number of benzene rings is 5. The fourth-order valence-corrected chi connectivity index (χ4v) is 16.1. The fraction of sp³-hybridized carbons (Fsp3) is 0.200. The summed E-state index contributed by atoms with van der Waals surface area (Å²) in [4.78, 5) is 41.3. The van der Waals surface area contributed by atoms with Gasteiger partial charge in [0.1, 0.15) is 44.4 Å². The molecule has 0 fully saturated rings. The van der Waals surface area contributed by atoms with E-state index in [1.54, 1.807) is 30.3 Å². The SMILES string of the molecule is CCO[Si](C)(CCCNc1nc(N)nc(Nc2cc(CS(=O)(=O)c3cccc4c5[nH]c(c34)=NC3NC(=Nc4[nH]c(c6ccccc46)N=C4N=C(N=5)c5c4cccc5S(=O)(=O)O)c4c3cccc4S(N)(=O)=O)ccc2S(=O)(=O)O)n1)OCC. The van der Waals surface area contributed by atoms with Crippen molar-refractivity contribution in [2.75, 3.05) is 36.1 Å². The van der Waals surface area contributed by atoms with Crippen LogP contribution in [0.15, 0.2) is 142 Å². The summed E-state index contributed by atoms with van der Waals surface area (Å²) in [7, 11) is -21.3. The Morgan fingerprint density at radius 3 is 2.04 bits per heavy atom. The lowest BCUT2D eigenvalue weighted by Gasteiger charge is -2.25. The van der Waals surface area contributed by atoms with E-state index in [2.05, 4.69) is 40.9 Å². The quantitative estimate of drug-likeness (QED) is 0.0339. The standard InChI is InChI=1S/C50H49N15O12S4Si/c1-4-76-82(3,77-5-2)23-11-22-53-49-63-48(51)64-50(65-49)54-32-24-26(20-21-33(32)80(70,71)72)25-78(66,67)34-17-8-14-29-37(34)45-59-43(29)62-47-39-31(16-10-19-36(39)81(73,74)75)42(58-47)56-40-27-12-6-7-13-28(27)41(55-40)57-46-38-30(44(60-45)61-46)15-9-18-35(38)79(52,68)69/h6-10,12-21,24,44,55H,4-5,11,22-23,25H2,1-3H3,(H,57,61)(H2,52,68,69)(H,70,71,72)(H,73,74,75)(H,56,58,59,60,62)(H4,51,53,54,63,64,65). The van der Waals surface area contributed by atoms with Crippen molar-refractivity contribution in [2.45, 2.75) is 64.4 Å². The van der Waals surface area contributed by atoms with Crippen LogP contribution in [0.2, 0.25) is 12.6 Å². The average Bonchev–Trinajstić information content (AvgIpc) is 3.96. The highest BCUT2D eigenvalue weighted by Crippen LogP contribution is 2.39. The van der Waals surface area contributed by atoms with Crippen LogP contribution >= 0.6 is 0 Å². The first-order valence-corrected chi connectivity index (χ1v) is 33.6. The third-order valence-electron chi connectivity index (χ3n) is 13.4. The zero-order valence-electron chi connectivity index (χ0n) is 43.4. The predicted octanol–water partition coefficient (Wildman–Crippen LogP) is 4.69. The lowest BCUT2D eigenvalue weighted by molar-refractivity contribution is 0.188. The lowest BCUT2D eigenvalue weighted by atomic mass is 10.1. The van der Waals surface area contributed by atoms with Crippen LogP contribution in [-0.2, 0) is 54.7 Å². The molecule has 1 atom stereocenters. The second-order valence-electron chi connectivity index (χ2n) is 19.0. The molecule has 424 valence electrons. The number of rotatable bonds is 17. The van der Waals surface area contributed by atoms with E-state index in [0.29, 0.717) is 43.0 Å². The lowest BCUT2D eigenvalue weighted by Crippen LogP contribution is -2.39. The Morgan fingerprint density at radius 2 is 1.33 bits per heavy atom. The maximum atomic E-state index is 15.1. The van der Waals surface area contributed by atoms with Gasteiger partial charge in [-0.05, 0) is 68.8 Å². The molecule has 3 aromatic heterocycles. The summed E-state index contributed by atoms with van der Waals surface area (Å²) >= 11 is 0. The number of aromatic amines is 2. The summed E-state index contributed by atoms with van der Waals surface area (Å²) in [5.74, 6) is -1.14. The highest BCUT2D eigenvalue weighted by molar-refractivity contribution is 7.91. The van der Waals surface area contributed by atoms with E-state index in [9.17, 15) is 34.4 Å². The molecule has 82 heavy (non-hydrogen) atoms. The third kappa shape index (κ3) is 10.8. The summed E-state index contributed by atoms with van der Waals surface area (Å²) < 4.78 is 141. The van der Waals surface area contributed by atoms with Crippen molar-refractivity contribution in [1.82, 2.24) is 30.2 Å². The van der Waals surface area contributed by atoms with Crippen LogP contribution in [0.25, 0.3) is 21.5 Å². The van der Waals surface area contributed by atoms with Crippen LogP contribution < -0.4 is 37.8 Å². The van der Waals surface area contributed by atoms with E-state index in [-0.39, 0.29) is 112 Å². The molecule has 11 rings (SSSR count). The molecule has 0 saturated heterocycles. The van der Waals surface area contributed by atoms with Crippen molar-refractivity contribution >= 4 is 123 Å². The second kappa shape index (κ2) is 21.0. The Hall–Kier alpha value is -8.18. The van der Waals surface area contributed by atoms with E-state index in [0.717, 1.165) is 6.07 Å². The molecular formula is C50H49N15O12S4Si. The number of aliphatic imine (C=N–C) groups is 3. The number of nitrogen functional groups attached to an aromatic ring is 1. The van der Waals surface area contributed by atoms with E-state index in [1.807, 2.05) is 20.4 Å². The molecule has 1 unspecified atom stereocenters. The van der Waals surface area contributed by atoms with Crippen molar-refractivity contribution < 1.29 is 51.6 Å². The minimum absolute atomic E-state index is 0.00916. The maximum Gasteiger partial charge on any atom is 0.334 e. The number of nitrogens with zero attached hydrogens (tertiary/aromatic N) is 8. The maximum absolute atomic E-state index is 15.1. The summed E-state index contributed by atoms with van der Waals surface area (Å²) in [6, 6.07) is 23.8. The van der Waals surface area contributed by atoms with Gasteiger partial charge in [0.25, 0.3) is 20.2 Å².